The number of hydrogen-bond donors (Lipinski definition) is 0. The summed E-state index contributed by atoms with van der Waals surface area (Å²) < 4.78 is 12.6. The molecule has 0 spiro atoms. The highest BCUT2D eigenvalue weighted by molar-refractivity contribution is 5.90. The largest absolute Gasteiger partial charge is 0.462 e. The van der Waals surface area contributed by atoms with E-state index in [4.69, 9.17) is 9.47 Å². The Hall–Kier alpha value is -2.14. The molecule has 2 rings (SSSR count). The molecule has 124 valence electrons. The predicted molar refractivity (Wildman–Crippen MR) is 88.3 cm³/mol. The van der Waals surface area contributed by atoms with Gasteiger partial charge in [0.05, 0.1) is 25.1 Å². The number of carbonyl (C=O) groups is 1. The summed E-state index contributed by atoms with van der Waals surface area (Å²) in [7, 11) is 0. The second-order valence-corrected chi connectivity index (χ2v) is 5.18. The van der Waals surface area contributed by atoms with Gasteiger partial charge in [-0.1, -0.05) is 30.3 Å². The zero-order chi connectivity index (χ0) is 16.5. The van der Waals surface area contributed by atoms with E-state index in [2.05, 4.69) is 5.10 Å². The number of aryl methyl sites for hydroxylation is 1. The van der Waals surface area contributed by atoms with Crippen molar-refractivity contribution in [1.82, 2.24) is 9.78 Å². The number of aromatic nitrogens is 2. The third kappa shape index (κ3) is 4.93. The van der Waals surface area contributed by atoms with E-state index >= 15 is 0 Å². The van der Waals surface area contributed by atoms with E-state index in [0.29, 0.717) is 25.4 Å². The number of esters is 1. The first kappa shape index (κ1) is 17.2. The highest BCUT2D eigenvalue weighted by atomic mass is 16.5. The molecule has 5 heteroatoms. The van der Waals surface area contributed by atoms with Gasteiger partial charge in [0, 0.05) is 13.2 Å². The van der Waals surface area contributed by atoms with Gasteiger partial charge in [0.15, 0.2) is 0 Å². The number of nitrogens with zero attached hydrogens (tertiary/aromatic N) is 2. The van der Waals surface area contributed by atoms with Crippen molar-refractivity contribution in [2.75, 3.05) is 13.2 Å². The van der Waals surface area contributed by atoms with Gasteiger partial charge in [-0.3, -0.25) is 4.68 Å². The average Bonchev–Trinajstić information content (AvgIpc) is 2.99. The Bertz CT molecular complexity index is 608. The molecular weight excluding hydrogens is 292 g/mol. The van der Waals surface area contributed by atoms with Crippen LogP contribution in [0.3, 0.4) is 0 Å². The molecule has 0 radical (unpaired) electrons. The zero-order valence-electron chi connectivity index (χ0n) is 13.8. The van der Waals surface area contributed by atoms with Gasteiger partial charge in [0.1, 0.15) is 5.56 Å². The van der Waals surface area contributed by atoms with Crippen LogP contribution in [0, 0.1) is 0 Å². The first-order valence-corrected chi connectivity index (χ1v) is 8.09. The summed E-state index contributed by atoms with van der Waals surface area (Å²) in [6.45, 7) is 6.18. The second kappa shape index (κ2) is 9.10. The summed E-state index contributed by atoms with van der Waals surface area (Å²) in [5.41, 5.74) is 2.66. The fourth-order valence-electron chi connectivity index (χ4n) is 2.43. The summed E-state index contributed by atoms with van der Waals surface area (Å²) in [6.07, 6.45) is 3.18. The third-order valence-corrected chi connectivity index (χ3v) is 3.56. The molecule has 0 bridgehead atoms. The maximum Gasteiger partial charge on any atom is 0.341 e. The van der Waals surface area contributed by atoms with E-state index in [1.165, 1.54) is 5.56 Å². The molecule has 1 aromatic carbocycles. The summed E-state index contributed by atoms with van der Waals surface area (Å²) in [5, 5.41) is 4.26. The molecule has 0 N–H and O–H groups in total. The number of hydrogen-bond acceptors (Lipinski definition) is 4. The van der Waals surface area contributed by atoms with Crippen molar-refractivity contribution in [2.24, 2.45) is 0 Å². The highest BCUT2D eigenvalue weighted by Crippen LogP contribution is 2.13. The first-order valence-electron chi connectivity index (χ1n) is 8.09. The van der Waals surface area contributed by atoms with Gasteiger partial charge in [-0.2, -0.15) is 5.10 Å². The fourth-order valence-corrected chi connectivity index (χ4v) is 2.43. The van der Waals surface area contributed by atoms with Gasteiger partial charge in [0.25, 0.3) is 0 Å². The van der Waals surface area contributed by atoms with Gasteiger partial charge in [-0.15, -0.1) is 0 Å². The van der Waals surface area contributed by atoms with Crippen LogP contribution in [0.1, 0.15) is 41.9 Å². The number of rotatable bonds is 9. The minimum atomic E-state index is -0.299. The lowest BCUT2D eigenvalue weighted by Gasteiger charge is -2.08. The molecule has 0 saturated heterocycles. The van der Waals surface area contributed by atoms with E-state index in [9.17, 15) is 4.79 Å². The van der Waals surface area contributed by atoms with Gasteiger partial charge >= 0.3 is 5.97 Å². The molecule has 0 saturated carbocycles. The van der Waals surface area contributed by atoms with Crippen molar-refractivity contribution < 1.29 is 14.3 Å². The summed E-state index contributed by atoms with van der Waals surface area (Å²) in [5.74, 6) is -0.299. The van der Waals surface area contributed by atoms with E-state index < -0.39 is 0 Å². The standard InChI is InChI=1S/C18H24N2O3/c1-3-20-17(16(13-19-20)18(21)23-4-2)11-8-12-22-14-15-9-6-5-7-10-15/h5-7,9-10,13H,3-4,8,11-12,14H2,1-2H3. The molecule has 0 aliphatic heterocycles. The van der Waals surface area contributed by atoms with Crippen LogP contribution in [0.25, 0.3) is 0 Å². The van der Waals surface area contributed by atoms with Crippen molar-refractivity contribution in [1.29, 1.82) is 0 Å². The van der Waals surface area contributed by atoms with Crippen LogP contribution >= 0.6 is 0 Å². The normalized spacial score (nSPS) is 10.7. The van der Waals surface area contributed by atoms with E-state index in [0.717, 1.165) is 25.1 Å². The Labute approximate surface area is 137 Å². The molecule has 0 unspecified atom stereocenters. The van der Waals surface area contributed by atoms with E-state index in [-0.39, 0.29) is 5.97 Å². The Morgan fingerprint density at radius 3 is 2.70 bits per heavy atom. The maximum atomic E-state index is 12.0. The average molecular weight is 316 g/mol. The Morgan fingerprint density at radius 1 is 1.22 bits per heavy atom. The van der Waals surface area contributed by atoms with Crippen molar-refractivity contribution in [3.63, 3.8) is 0 Å². The van der Waals surface area contributed by atoms with Gasteiger partial charge in [-0.05, 0) is 32.3 Å². The summed E-state index contributed by atoms with van der Waals surface area (Å²) in [4.78, 5) is 12.0. The van der Waals surface area contributed by atoms with Crippen molar-refractivity contribution in [3.8, 4) is 0 Å². The van der Waals surface area contributed by atoms with Crippen LogP contribution < -0.4 is 0 Å². The Morgan fingerprint density at radius 2 is 2.00 bits per heavy atom. The number of carbonyl (C=O) groups excluding carboxylic acids is 1. The minimum Gasteiger partial charge on any atom is -0.462 e. The summed E-state index contributed by atoms with van der Waals surface area (Å²) in [6, 6.07) is 10.1. The molecule has 0 atom stereocenters. The smallest absolute Gasteiger partial charge is 0.341 e. The second-order valence-electron chi connectivity index (χ2n) is 5.18. The van der Waals surface area contributed by atoms with Crippen molar-refractivity contribution in [2.45, 2.75) is 39.8 Å². The molecule has 0 aliphatic carbocycles. The van der Waals surface area contributed by atoms with Crippen molar-refractivity contribution in [3.05, 3.63) is 53.3 Å². The topological polar surface area (TPSA) is 53.3 Å². The predicted octanol–water partition coefficient (Wildman–Crippen LogP) is 3.23. The SMILES string of the molecule is CCOC(=O)c1cnn(CC)c1CCCOCc1ccccc1. The van der Waals surface area contributed by atoms with Crippen LogP contribution in [0.4, 0.5) is 0 Å². The molecule has 5 nitrogen and oxygen atoms in total. The lowest BCUT2D eigenvalue weighted by molar-refractivity contribution is 0.0524. The van der Waals surface area contributed by atoms with Gasteiger partial charge < -0.3 is 9.47 Å². The van der Waals surface area contributed by atoms with Gasteiger partial charge in [-0.25, -0.2) is 4.79 Å². The third-order valence-electron chi connectivity index (χ3n) is 3.56. The molecule has 0 amide bonds. The first-order chi connectivity index (χ1) is 11.3. The van der Waals surface area contributed by atoms with Crippen LogP contribution in [-0.4, -0.2) is 29.0 Å². The molecule has 23 heavy (non-hydrogen) atoms. The van der Waals surface area contributed by atoms with Crippen LogP contribution in [0.15, 0.2) is 36.5 Å². The molecule has 1 aromatic heterocycles. The Kier molecular flexibility index (Phi) is 6.81. The molecule has 0 fully saturated rings. The lowest BCUT2D eigenvalue weighted by atomic mass is 10.1. The molecule has 0 aliphatic rings. The van der Waals surface area contributed by atoms with Crippen LogP contribution in [0.5, 0.6) is 0 Å². The highest BCUT2D eigenvalue weighted by Gasteiger charge is 2.17. The molecule has 1 heterocycles. The molecular formula is C18H24N2O3. The maximum absolute atomic E-state index is 12.0. The fraction of sp³-hybridized carbons (Fsp3) is 0.444. The number of ether oxygens (including phenoxy) is 2. The number of benzene rings is 1. The van der Waals surface area contributed by atoms with E-state index in [1.54, 1.807) is 13.1 Å². The van der Waals surface area contributed by atoms with Crippen LogP contribution in [-0.2, 0) is 29.0 Å². The molecule has 2 aromatic rings. The minimum absolute atomic E-state index is 0.299. The zero-order valence-corrected chi connectivity index (χ0v) is 13.8. The van der Waals surface area contributed by atoms with Gasteiger partial charge in [0.2, 0.25) is 0 Å². The lowest BCUT2D eigenvalue weighted by Crippen LogP contribution is -2.11. The summed E-state index contributed by atoms with van der Waals surface area (Å²) >= 11 is 0. The van der Waals surface area contributed by atoms with Crippen LogP contribution in [0.2, 0.25) is 0 Å². The monoisotopic (exact) mass is 316 g/mol. The van der Waals surface area contributed by atoms with E-state index in [1.807, 2.05) is 41.9 Å². The quantitative estimate of drug-likeness (QED) is 0.526. The van der Waals surface area contributed by atoms with Crippen molar-refractivity contribution >= 4 is 5.97 Å². The Balaban J connectivity index is 1.84.